The van der Waals surface area contributed by atoms with Crippen molar-refractivity contribution in [2.24, 2.45) is 5.73 Å². The molecule has 1 aromatic carbocycles. The molecule has 0 aliphatic rings. The van der Waals surface area contributed by atoms with E-state index < -0.39 is 11.9 Å². The number of amides is 1. The van der Waals surface area contributed by atoms with Crippen LogP contribution in [0.25, 0.3) is 10.9 Å². The van der Waals surface area contributed by atoms with Gasteiger partial charge >= 0.3 is 5.97 Å². The lowest BCUT2D eigenvalue weighted by Crippen LogP contribution is -2.11. The van der Waals surface area contributed by atoms with Gasteiger partial charge in [0.05, 0.1) is 5.52 Å². The van der Waals surface area contributed by atoms with E-state index in [9.17, 15) is 14.8 Å². The first kappa shape index (κ1) is 10.0. The maximum atomic E-state index is 10.9. The van der Waals surface area contributed by atoms with E-state index in [4.69, 9.17) is 10.8 Å². The zero-order chi connectivity index (χ0) is 11.9. The Morgan fingerprint density at radius 2 is 1.94 bits per heavy atom. The number of aromatic nitrogens is 1. The molecule has 0 spiro atoms. The molecule has 2 rings (SSSR count). The lowest BCUT2D eigenvalue weighted by molar-refractivity contribution is 0.0649. The molecule has 0 saturated carbocycles. The molecule has 0 atom stereocenters. The molecule has 0 radical (unpaired) electrons. The Labute approximate surface area is 89.5 Å². The quantitative estimate of drug-likeness (QED) is 0.647. The molecule has 0 unspecified atom stereocenters. The van der Waals surface area contributed by atoms with Gasteiger partial charge < -0.3 is 16.0 Å². The van der Waals surface area contributed by atoms with Crippen LogP contribution >= 0.6 is 0 Å². The van der Waals surface area contributed by atoms with E-state index in [1.807, 2.05) is 0 Å². The van der Waals surface area contributed by atoms with Crippen LogP contribution in [0.5, 0.6) is 0 Å². The molecule has 1 heterocycles. The summed E-state index contributed by atoms with van der Waals surface area (Å²) in [6, 6.07) is 5.64. The Kier molecular flexibility index (Phi) is 2.05. The first-order valence-electron chi connectivity index (χ1n) is 4.38. The van der Waals surface area contributed by atoms with Crippen molar-refractivity contribution >= 4 is 22.8 Å². The van der Waals surface area contributed by atoms with Crippen LogP contribution in [0, 0.1) is 0 Å². The summed E-state index contributed by atoms with van der Waals surface area (Å²) < 4.78 is 0.518. The van der Waals surface area contributed by atoms with Gasteiger partial charge in [0.2, 0.25) is 5.91 Å². The number of carbonyl (C=O) groups excluding carboxylic acids is 1. The molecule has 82 valence electrons. The van der Waals surface area contributed by atoms with Crippen molar-refractivity contribution in [1.29, 1.82) is 0 Å². The Morgan fingerprint density at radius 1 is 1.25 bits per heavy atom. The lowest BCUT2D eigenvalue weighted by atomic mass is 10.1. The van der Waals surface area contributed by atoms with Crippen molar-refractivity contribution in [3.8, 4) is 0 Å². The van der Waals surface area contributed by atoms with Crippen LogP contribution < -0.4 is 5.73 Å². The Bertz CT molecular complexity index is 600. The number of nitrogens with zero attached hydrogens (tertiary/aromatic N) is 1. The number of nitrogens with two attached hydrogens (primary N) is 1. The SMILES string of the molecule is NC(=O)c1ccc2cc(C(=O)O)n(O)c2c1. The van der Waals surface area contributed by atoms with Gasteiger partial charge in [0.25, 0.3) is 0 Å². The summed E-state index contributed by atoms with van der Waals surface area (Å²) >= 11 is 0. The van der Waals surface area contributed by atoms with E-state index in [0.717, 1.165) is 0 Å². The van der Waals surface area contributed by atoms with Crippen molar-refractivity contribution < 1.29 is 19.9 Å². The zero-order valence-corrected chi connectivity index (χ0v) is 8.04. The largest absolute Gasteiger partial charge is 0.476 e. The molecule has 0 bridgehead atoms. The van der Waals surface area contributed by atoms with Crippen molar-refractivity contribution in [3.63, 3.8) is 0 Å². The van der Waals surface area contributed by atoms with E-state index in [1.54, 1.807) is 0 Å². The number of fused-ring (bicyclic) bond motifs is 1. The molecule has 0 aliphatic heterocycles. The average Bonchev–Trinajstić information content (AvgIpc) is 2.56. The fourth-order valence-corrected chi connectivity index (χ4v) is 1.49. The number of benzene rings is 1. The molecule has 16 heavy (non-hydrogen) atoms. The third-order valence-electron chi connectivity index (χ3n) is 2.28. The number of rotatable bonds is 2. The molecule has 1 aromatic heterocycles. The predicted octanol–water partition coefficient (Wildman–Crippen LogP) is 0.676. The van der Waals surface area contributed by atoms with Gasteiger partial charge in [-0.3, -0.25) is 4.79 Å². The third kappa shape index (κ3) is 1.36. The molecular weight excluding hydrogens is 212 g/mol. The van der Waals surface area contributed by atoms with E-state index in [-0.39, 0.29) is 16.8 Å². The Morgan fingerprint density at radius 3 is 2.50 bits per heavy atom. The van der Waals surface area contributed by atoms with Crippen LogP contribution in [-0.2, 0) is 0 Å². The predicted molar refractivity (Wildman–Crippen MR) is 54.6 cm³/mol. The van der Waals surface area contributed by atoms with Crippen molar-refractivity contribution in [2.75, 3.05) is 0 Å². The minimum absolute atomic E-state index is 0.206. The first-order chi connectivity index (χ1) is 7.50. The maximum Gasteiger partial charge on any atom is 0.356 e. The van der Waals surface area contributed by atoms with E-state index in [1.165, 1.54) is 24.3 Å². The van der Waals surface area contributed by atoms with Crippen LogP contribution in [0.2, 0.25) is 0 Å². The smallest absolute Gasteiger partial charge is 0.356 e. The van der Waals surface area contributed by atoms with Gasteiger partial charge in [-0.1, -0.05) is 6.07 Å². The molecule has 0 aliphatic carbocycles. The van der Waals surface area contributed by atoms with E-state index in [2.05, 4.69) is 0 Å². The summed E-state index contributed by atoms with van der Waals surface area (Å²) in [4.78, 5) is 21.6. The molecule has 0 fully saturated rings. The minimum atomic E-state index is -1.25. The molecule has 4 N–H and O–H groups in total. The van der Waals surface area contributed by atoms with Crippen molar-refractivity contribution in [1.82, 2.24) is 4.73 Å². The number of carboxylic acid groups (broad SMARTS) is 1. The number of primary amides is 1. The fraction of sp³-hybridized carbons (Fsp3) is 0. The van der Waals surface area contributed by atoms with Gasteiger partial charge in [0, 0.05) is 10.9 Å². The summed E-state index contributed by atoms with van der Waals surface area (Å²) in [6.45, 7) is 0. The summed E-state index contributed by atoms with van der Waals surface area (Å²) in [5, 5.41) is 18.8. The Balaban J connectivity index is 2.73. The number of hydrogen-bond donors (Lipinski definition) is 3. The second-order valence-corrected chi connectivity index (χ2v) is 3.28. The third-order valence-corrected chi connectivity index (χ3v) is 2.28. The second-order valence-electron chi connectivity index (χ2n) is 3.28. The molecule has 2 aromatic rings. The maximum absolute atomic E-state index is 10.9. The van der Waals surface area contributed by atoms with E-state index >= 15 is 0 Å². The van der Waals surface area contributed by atoms with Crippen LogP contribution in [0.3, 0.4) is 0 Å². The summed E-state index contributed by atoms with van der Waals surface area (Å²) in [7, 11) is 0. The summed E-state index contributed by atoms with van der Waals surface area (Å²) in [5.41, 5.74) is 5.24. The van der Waals surface area contributed by atoms with Gasteiger partial charge in [0.15, 0.2) is 5.69 Å². The van der Waals surface area contributed by atoms with Crippen LogP contribution in [0.4, 0.5) is 0 Å². The van der Waals surface area contributed by atoms with Crippen LogP contribution in [0.15, 0.2) is 24.3 Å². The highest BCUT2D eigenvalue weighted by Gasteiger charge is 2.14. The molecule has 6 nitrogen and oxygen atoms in total. The van der Waals surface area contributed by atoms with Gasteiger partial charge in [0.1, 0.15) is 0 Å². The summed E-state index contributed by atoms with van der Waals surface area (Å²) in [5.74, 6) is -1.89. The normalized spacial score (nSPS) is 10.5. The van der Waals surface area contributed by atoms with Gasteiger partial charge in [-0.2, -0.15) is 4.73 Å². The number of aromatic carboxylic acids is 1. The molecule has 6 heteroatoms. The van der Waals surface area contributed by atoms with Crippen molar-refractivity contribution in [2.45, 2.75) is 0 Å². The second kappa shape index (κ2) is 3.27. The monoisotopic (exact) mass is 220 g/mol. The first-order valence-corrected chi connectivity index (χ1v) is 4.38. The number of carboxylic acids is 1. The topological polar surface area (TPSA) is 106 Å². The lowest BCUT2D eigenvalue weighted by Gasteiger charge is -1.99. The van der Waals surface area contributed by atoms with Crippen molar-refractivity contribution in [3.05, 3.63) is 35.5 Å². The highest BCUT2D eigenvalue weighted by molar-refractivity contribution is 5.99. The van der Waals surface area contributed by atoms with Crippen LogP contribution in [-0.4, -0.2) is 26.9 Å². The zero-order valence-electron chi connectivity index (χ0n) is 8.04. The number of carbonyl (C=O) groups is 2. The van der Waals surface area contributed by atoms with E-state index in [0.29, 0.717) is 10.1 Å². The summed E-state index contributed by atoms with van der Waals surface area (Å²) in [6.07, 6.45) is 0. The van der Waals surface area contributed by atoms with Gasteiger partial charge in [-0.15, -0.1) is 0 Å². The van der Waals surface area contributed by atoms with Crippen LogP contribution in [0.1, 0.15) is 20.8 Å². The highest BCUT2D eigenvalue weighted by atomic mass is 16.5. The molecule has 0 saturated heterocycles. The standard InChI is InChI=1S/C10H8N2O4/c11-9(13)6-2-1-5-3-8(10(14)15)12(16)7(5)4-6/h1-4,16H,(H2,11,13)(H,14,15). The number of hydrogen-bond acceptors (Lipinski definition) is 3. The minimum Gasteiger partial charge on any atom is -0.476 e. The highest BCUT2D eigenvalue weighted by Crippen LogP contribution is 2.19. The Hall–Kier alpha value is -2.50. The van der Waals surface area contributed by atoms with Gasteiger partial charge in [-0.05, 0) is 18.2 Å². The average molecular weight is 220 g/mol. The molecule has 1 amide bonds. The fourth-order valence-electron chi connectivity index (χ4n) is 1.49. The molecular formula is C10H8N2O4. The van der Waals surface area contributed by atoms with Gasteiger partial charge in [-0.25, -0.2) is 4.79 Å².